The molecule has 1 aromatic heterocycles. The lowest BCUT2D eigenvalue weighted by molar-refractivity contribution is 0.0470. The van der Waals surface area contributed by atoms with Crippen LogP contribution in [-0.4, -0.2) is 21.8 Å². The zero-order valence-electron chi connectivity index (χ0n) is 17.3. The standard InChI is InChI=1S/C22H29FN2O3/c1-7-19(26)18-13-15(22(5,6)25-20(27)28-21(2,3)4)12-17(24-18)14-8-10-16(23)11-9-14/h8-13,19,26H,7H2,1-6H3,(H,25,27). The SMILES string of the molecule is CCC(O)c1cc(C(C)(C)NC(=O)OC(C)(C)C)cc(-c2ccc(F)cc2)n1. The van der Waals surface area contributed by atoms with E-state index >= 15 is 0 Å². The number of aliphatic hydroxyl groups is 1. The molecule has 1 heterocycles. The maximum Gasteiger partial charge on any atom is 0.408 e. The van der Waals surface area contributed by atoms with Gasteiger partial charge in [0.2, 0.25) is 0 Å². The molecule has 2 rings (SSSR count). The minimum atomic E-state index is -0.776. The second-order valence-electron chi connectivity index (χ2n) is 8.35. The molecular formula is C22H29FN2O3. The molecule has 1 aromatic carbocycles. The third-order valence-corrected chi connectivity index (χ3v) is 4.25. The fraction of sp³-hybridized carbons (Fsp3) is 0.455. The van der Waals surface area contributed by atoms with E-state index in [1.165, 1.54) is 12.1 Å². The Labute approximate surface area is 166 Å². The summed E-state index contributed by atoms with van der Waals surface area (Å²) in [5.74, 6) is -0.333. The Morgan fingerprint density at radius 3 is 2.32 bits per heavy atom. The molecule has 6 heteroatoms. The highest BCUT2D eigenvalue weighted by atomic mass is 19.1. The lowest BCUT2D eigenvalue weighted by atomic mass is 9.92. The number of hydrogen-bond acceptors (Lipinski definition) is 4. The van der Waals surface area contributed by atoms with Gasteiger partial charge in [-0.25, -0.2) is 9.18 Å². The van der Waals surface area contributed by atoms with Gasteiger partial charge in [-0.05, 0) is 83.0 Å². The molecule has 0 saturated carbocycles. The van der Waals surface area contributed by atoms with Gasteiger partial charge in [-0.3, -0.25) is 4.98 Å². The highest BCUT2D eigenvalue weighted by Gasteiger charge is 2.28. The van der Waals surface area contributed by atoms with Crippen molar-refractivity contribution in [3.8, 4) is 11.3 Å². The van der Waals surface area contributed by atoms with Crippen molar-refractivity contribution < 1.29 is 19.0 Å². The number of benzene rings is 1. The summed E-state index contributed by atoms with van der Waals surface area (Å²) in [6, 6.07) is 9.61. The van der Waals surface area contributed by atoms with Gasteiger partial charge in [0.25, 0.3) is 0 Å². The van der Waals surface area contributed by atoms with Crippen LogP contribution in [0.15, 0.2) is 36.4 Å². The van der Waals surface area contributed by atoms with E-state index in [9.17, 15) is 14.3 Å². The van der Waals surface area contributed by atoms with Crippen LogP contribution in [0.4, 0.5) is 9.18 Å². The van der Waals surface area contributed by atoms with Gasteiger partial charge in [-0.2, -0.15) is 0 Å². The van der Waals surface area contributed by atoms with Crippen LogP contribution in [0.1, 0.15) is 65.3 Å². The summed E-state index contributed by atoms with van der Waals surface area (Å²) >= 11 is 0. The quantitative estimate of drug-likeness (QED) is 0.748. The topological polar surface area (TPSA) is 71.5 Å². The van der Waals surface area contributed by atoms with Crippen molar-refractivity contribution in [3.63, 3.8) is 0 Å². The number of carbonyl (C=O) groups excluding carboxylic acids is 1. The first kappa shape index (κ1) is 21.8. The summed E-state index contributed by atoms with van der Waals surface area (Å²) in [7, 11) is 0. The number of ether oxygens (including phenoxy) is 1. The molecule has 0 spiro atoms. The Morgan fingerprint density at radius 2 is 1.79 bits per heavy atom. The summed E-state index contributed by atoms with van der Waals surface area (Å²) < 4.78 is 18.7. The zero-order valence-corrected chi connectivity index (χ0v) is 17.3. The lowest BCUT2D eigenvalue weighted by Gasteiger charge is -2.30. The number of alkyl carbamates (subject to hydrolysis) is 1. The predicted octanol–water partition coefficient (Wildman–Crippen LogP) is 5.09. The van der Waals surface area contributed by atoms with Crippen LogP contribution >= 0.6 is 0 Å². The van der Waals surface area contributed by atoms with Crippen LogP contribution in [0.3, 0.4) is 0 Å². The fourth-order valence-electron chi connectivity index (χ4n) is 2.69. The van der Waals surface area contributed by atoms with E-state index in [0.717, 1.165) is 11.1 Å². The van der Waals surface area contributed by atoms with Crippen LogP contribution < -0.4 is 5.32 Å². The number of pyridine rings is 1. The molecule has 2 aromatic rings. The van der Waals surface area contributed by atoms with Gasteiger partial charge in [-0.1, -0.05) is 6.92 Å². The summed E-state index contributed by atoms with van der Waals surface area (Å²) in [5.41, 5.74) is 1.19. The van der Waals surface area contributed by atoms with E-state index in [1.807, 2.05) is 26.8 Å². The first-order valence-corrected chi connectivity index (χ1v) is 9.39. The normalized spacial score (nSPS) is 13.1. The third kappa shape index (κ3) is 5.76. The first-order chi connectivity index (χ1) is 12.9. The number of aliphatic hydroxyl groups excluding tert-OH is 1. The van der Waals surface area contributed by atoms with Gasteiger partial charge >= 0.3 is 6.09 Å². The molecule has 0 aliphatic heterocycles. The van der Waals surface area contributed by atoms with Crippen molar-refractivity contribution >= 4 is 6.09 Å². The smallest absolute Gasteiger partial charge is 0.408 e. The van der Waals surface area contributed by atoms with Crippen LogP contribution in [0, 0.1) is 5.82 Å². The van der Waals surface area contributed by atoms with Crippen molar-refractivity contribution in [2.45, 2.75) is 65.2 Å². The zero-order chi connectivity index (χ0) is 21.1. The first-order valence-electron chi connectivity index (χ1n) is 9.39. The molecule has 1 amide bonds. The Morgan fingerprint density at radius 1 is 1.18 bits per heavy atom. The van der Waals surface area contributed by atoms with Crippen LogP contribution in [0.5, 0.6) is 0 Å². The van der Waals surface area contributed by atoms with Crippen LogP contribution in [0.2, 0.25) is 0 Å². The minimum Gasteiger partial charge on any atom is -0.444 e. The third-order valence-electron chi connectivity index (χ3n) is 4.25. The molecule has 0 aliphatic rings. The maximum absolute atomic E-state index is 13.3. The van der Waals surface area contributed by atoms with Crippen LogP contribution in [0.25, 0.3) is 11.3 Å². The van der Waals surface area contributed by atoms with Crippen molar-refractivity contribution in [2.75, 3.05) is 0 Å². The van der Waals surface area contributed by atoms with Crippen molar-refractivity contribution in [1.29, 1.82) is 0 Å². The molecule has 1 atom stereocenters. The van der Waals surface area contributed by atoms with Crippen molar-refractivity contribution in [3.05, 3.63) is 53.5 Å². The Hall–Kier alpha value is -2.47. The number of nitrogens with zero attached hydrogens (tertiary/aromatic N) is 1. The van der Waals surface area contributed by atoms with Gasteiger partial charge in [0, 0.05) is 5.56 Å². The second-order valence-corrected chi connectivity index (χ2v) is 8.35. The molecule has 2 N–H and O–H groups in total. The van der Waals surface area contributed by atoms with Crippen LogP contribution in [-0.2, 0) is 10.3 Å². The Balaban J connectivity index is 2.45. The van der Waals surface area contributed by atoms with Gasteiger partial charge in [0.05, 0.1) is 23.0 Å². The summed E-state index contributed by atoms with van der Waals surface area (Å²) in [6.07, 6.45) is -0.772. The second kappa shape index (κ2) is 8.27. The van der Waals surface area contributed by atoms with E-state index in [4.69, 9.17) is 4.74 Å². The number of hydrogen-bond donors (Lipinski definition) is 2. The number of aromatic nitrogens is 1. The highest BCUT2D eigenvalue weighted by Crippen LogP contribution is 2.29. The monoisotopic (exact) mass is 388 g/mol. The number of amides is 1. The van der Waals surface area contributed by atoms with E-state index in [2.05, 4.69) is 10.3 Å². The Bertz CT molecular complexity index is 827. The summed E-state index contributed by atoms with van der Waals surface area (Å²) in [4.78, 5) is 16.8. The molecule has 0 bridgehead atoms. The molecular weight excluding hydrogens is 359 g/mol. The molecule has 0 radical (unpaired) electrons. The van der Waals surface area contributed by atoms with E-state index in [0.29, 0.717) is 17.8 Å². The van der Waals surface area contributed by atoms with Crippen molar-refractivity contribution in [2.24, 2.45) is 0 Å². The molecule has 1 unspecified atom stereocenters. The summed E-state index contributed by atoms with van der Waals surface area (Å²) in [5, 5.41) is 13.2. The molecule has 28 heavy (non-hydrogen) atoms. The average Bonchev–Trinajstić information content (AvgIpc) is 2.59. The largest absolute Gasteiger partial charge is 0.444 e. The van der Waals surface area contributed by atoms with Gasteiger partial charge < -0.3 is 15.2 Å². The van der Waals surface area contributed by atoms with Gasteiger partial charge in [-0.15, -0.1) is 0 Å². The molecule has 0 aliphatic carbocycles. The minimum absolute atomic E-state index is 0.333. The van der Waals surface area contributed by atoms with E-state index < -0.39 is 23.3 Å². The molecule has 152 valence electrons. The number of carbonyl (C=O) groups is 1. The molecule has 0 saturated heterocycles. The average molecular weight is 388 g/mol. The fourth-order valence-corrected chi connectivity index (χ4v) is 2.69. The van der Waals surface area contributed by atoms with E-state index in [1.54, 1.807) is 39.0 Å². The maximum atomic E-state index is 13.3. The number of halogens is 1. The number of nitrogens with one attached hydrogen (secondary N) is 1. The Kier molecular flexibility index (Phi) is 6.44. The van der Waals surface area contributed by atoms with Crippen molar-refractivity contribution in [1.82, 2.24) is 10.3 Å². The van der Waals surface area contributed by atoms with Gasteiger partial charge in [0.1, 0.15) is 11.4 Å². The predicted molar refractivity (Wildman–Crippen MR) is 107 cm³/mol. The molecule has 5 nitrogen and oxygen atoms in total. The van der Waals surface area contributed by atoms with E-state index in [-0.39, 0.29) is 5.82 Å². The highest BCUT2D eigenvalue weighted by molar-refractivity contribution is 5.69. The molecule has 0 fully saturated rings. The lowest BCUT2D eigenvalue weighted by Crippen LogP contribution is -2.43. The van der Waals surface area contributed by atoms with Gasteiger partial charge in [0.15, 0.2) is 0 Å². The number of rotatable bonds is 5. The summed E-state index contributed by atoms with van der Waals surface area (Å²) in [6.45, 7) is 11.0.